The van der Waals surface area contributed by atoms with Crippen LogP contribution >= 0.6 is 0 Å². The summed E-state index contributed by atoms with van der Waals surface area (Å²) in [6.07, 6.45) is 3.72. The van der Waals surface area contributed by atoms with Crippen LogP contribution in [0.15, 0.2) is 48.8 Å². The molecule has 0 radical (unpaired) electrons. The first kappa shape index (κ1) is 9.55. The Hall–Kier alpha value is -1.67. The molecule has 3 rings (SSSR count). The minimum Gasteiger partial charge on any atom is -0.291 e. The molecule has 0 atom stereocenters. The van der Waals surface area contributed by atoms with Gasteiger partial charge in [-0.1, -0.05) is 24.3 Å². The van der Waals surface area contributed by atoms with Gasteiger partial charge in [0.2, 0.25) is 0 Å². The van der Waals surface area contributed by atoms with Gasteiger partial charge in [-0.25, -0.2) is 0 Å². The van der Waals surface area contributed by atoms with Crippen molar-refractivity contribution in [2.45, 2.75) is 19.6 Å². The normalized spacial score (nSPS) is 15.0. The zero-order valence-corrected chi connectivity index (χ0v) is 9.13. The topological polar surface area (TPSA) is 16.1 Å². The highest BCUT2D eigenvalue weighted by Gasteiger charge is 2.17. The third-order valence-electron chi connectivity index (χ3n) is 3.06. The van der Waals surface area contributed by atoms with Crippen molar-refractivity contribution in [1.29, 1.82) is 0 Å². The highest BCUT2D eigenvalue weighted by atomic mass is 15.1. The number of hydrogen-bond donors (Lipinski definition) is 0. The first-order chi connectivity index (χ1) is 7.92. The van der Waals surface area contributed by atoms with Crippen molar-refractivity contribution in [2.24, 2.45) is 0 Å². The third kappa shape index (κ3) is 1.84. The van der Waals surface area contributed by atoms with Gasteiger partial charge in [-0.05, 0) is 28.8 Å². The van der Waals surface area contributed by atoms with E-state index in [0.29, 0.717) is 0 Å². The number of hydrogen-bond acceptors (Lipinski definition) is 2. The lowest BCUT2D eigenvalue weighted by atomic mass is 10.1. The minimum atomic E-state index is 1.01. The number of pyridine rings is 1. The smallest absolute Gasteiger partial charge is 0.0271 e. The summed E-state index contributed by atoms with van der Waals surface area (Å²) < 4.78 is 0. The summed E-state index contributed by atoms with van der Waals surface area (Å²) in [6, 6.07) is 12.9. The van der Waals surface area contributed by atoms with Gasteiger partial charge >= 0.3 is 0 Å². The first-order valence-corrected chi connectivity index (χ1v) is 5.60. The van der Waals surface area contributed by atoms with Crippen LogP contribution in [0.4, 0.5) is 0 Å². The van der Waals surface area contributed by atoms with E-state index >= 15 is 0 Å². The summed E-state index contributed by atoms with van der Waals surface area (Å²) in [5.74, 6) is 0. The SMILES string of the molecule is c1ccc2c(c1)CN(Cc1ccncc1)C2. The van der Waals surface area contributed by atoms with Crippen LogP contribution in [0.2, 0.25) is 0 Å². The number of benzene rings is 1. The Labute approximate surface area is 95.6 Å². The van der Waals surface area contributed by atoms with Gasteiger partial charge in [-0.15, -0.1) is 0 Å². The van der Waals surface area contributed by atoms with Crippen molar-refractivity contribution in [3.05, 3.63) is 65.5 Å². The quantitative estimate of drug-likeness (QED) is 0.757. The molecule has 2 aromatic rings. The number of rotatable bonds is 2. The standard InChI is InChI=1S/C14H14N2/c1-2-4-14-11-16(10-13(14)3-1)9-12-5-7-15-8-6-12/h1-8H,9-11H2. The predicted molar refractivity (Wildman–Crippen MR) is 63.6 cm³/mol. The lowest BCUT2D eigenvalue weighted by Crippen LogP contribution is -2.15. The maximum absolute atomic E-state index is 4.04. The molecular weight excluding hydrogens is 196 g/mol. The van der Waals surface area contributed by atoms with Crippen LogP contribution in [-0.2, 0) is 19.6 Å². The molecule has 0 bridgehead atoms. The fraction of sp³-hybridized carbons (Fsp3) is 0.214. The van der Waals surface area contributed by atoms with E-state index in [-0.39, 0.29) is 0 Å². The largest absolute Gasteiger partial charge is 0.291 e. The summed E-state index contributed by atoms with van der Waals surface area (Å²) in [4.78, 5) is 6.50. The molecule has 0 saturated heterocycles. The molecule has 2 nitrogen and oxygen atoms in total. The van der Waals surface area contributed by atoms with Gasteiger partial charge in [-0.3, -0.25) is 9.88 Å². The molecular formula is C14H14N2. The molecule has 80 valence electrons. The minimum absolute atomic E-state index is 1.01. The highest BCUT2D eigenvalue weighted by molar-refractivity contribution is 5.30. The monoisotopic (exact) mass is 210 g/mol. The van der Waals surface area contributed by atoms with Gasteiger partial charge in [0, 0.05) is 32.0 Å². The summed E-state index contributed by atoms with van der Waals surface area (Å²) in [6.45, 7) is 3.15. The molecule has 1 aliphatic rings. The molecule has 0 N–H and O–H groups in total. The second kappa shape index (κ2) is 4.06. The van der Waals surface area contributed by atoms with Crippen molar-refractivity contribution in [3.8, 4) is 0 Å². The zero-order chi connectivity index (χ0) is 10.8. The highest BCUT2D eigenvalue weighted by Crippen LogP contribution is 2.23. The van der Waals surface area contributed by atoms with Gasteiger partial charge < -0.3 is 0 Å². The van der Waals surface area contributed by atoms with E-state index in [0.717, 1.165) is 19.6 Å². The van der Waals surface area contributed by atoms with Crippen LogP contribution in [0.25, 0.3) is 0 Å². The fourth-order valence-corrected chi connectivity index (χ4v) is 2.26. The Morgan fingerprint density at radius 2 is 1.56 bits per heavy atom. The Morgan fingerprint density at radius 3 is 2.19 bits per heavy atom. The van der Waals surface area contributed by atoms with Gasteiger partial charge in [0.1, 0.15) is 0 Å². The maximum Gasteiger partial charge on any atom is 0.0271 e. The molecule has 16 heavy (non-hydrogen) atoms. The van der Waals surface area contributed by atoms with Crippen LogP contribution < -0.4 is 0 Å². The van der Waals surface area contributed by atoms with E-state index in [2.05, 4.69) is 46.3 Å². The average Bonchev–Trinajstić information content (AvgIpc) is 2.72. The van der Waals surface area contributed by atoms with Gasteiger partial charge in [0.25, 0.3) is 0 Å². The van der Waals surface area contributed by atoms with Gasteiger partial charge in [-0.2, -0.15) is 0 Å². The number of nitrogens with zero attached hydrogens (tertiary/aromatic N) is 2. The van der Waals surface area contributed by atoms with E-state index in [1.807, 2.05) is 12.4 Å². The summed E-state index contributed by atoms with van der Waals surface area (Å²) in [5, 5.41) is 0. The number of aromatic nitrogens is 1. The van der Waals surface area contributed by atoms with Crippen molar-refractivity contribution < 1.29 is 0 Å². The second-order valence-corrected chi connectivity index (χ2v) is 4.27. The maximum atomic E-state index is 4.04. The Bertz CT molecular complexity index is 454. The first-order valence-electron chi connectivity index (χ1n) is 5.60. The lowest BCUT2D eigenvalue weighted by molar-refractivity contribution is 0.275. The molecule has 0 aliphatic carbocycles. The van der Waals surface area contributed by atoms with E-state index in [1.54, 1.807) is 0 Å². The molecule has 1 aromatic heterocycles. The van der Waals surface area contributed by atoms with Crippen molar-refractivity contribution in [3.63, 3.8) is 0 Å². The summed E-state index contributed by atoms with van der Waals surface area (Å²) in [7, 11) is 0. The molecule has 0 amide bonds. The molecule has 2 heteroatoms. The molecule has 0 unspecified atom stereocenters. The summed E-state index contributed by atoms with van der Waals surface area (Å²) >= 11 is 0. The predicted octanol–water partition coefficient (Wildman–Crippen LogP) is 2.60. The van der Waals surface area contributed by atoms with E-state index in [9.17, 15) is 0 Å². The van der Waals surface area contributed by atoms with Gasteiger partial charge in [0.05, 0.1) is 0 Å². The molecule has 0 saturated carbocycles. The molecule has 1 aromatic carbocycles. The summed E-state index contributed by atoms with van der Waals surface area (Å²) in [5.41, 5.74) is 4.27. The second-order valence-electron chi connectivity index (χ2n) is 4.27. The van der Waals surface area contributed by atoms with E-state index < -0.39 is 0 Å². The van der Waals surface area contributed by atoms with Crippen LogP contribution in [0.5, 0.6) is 0 Å². The van der Waals surface area contributed by atoms with Crippen LogP contribution in [0.1, 0.15) is 16.7 Å². The average molecular weight is 210 g/mol. The Morgan fingerprint density at radius 1 is 0.938 bits per heavy atom. The Kier molecular flexibility index (Phi) is 2.43. The molecule has 0 fully saturated rings. The number of fused-ring (bicyclic) bond motifs is 1. The zero-order valence-electron chi connectivity index (χ0n) is 9.13. The molecule has 0 spiro atoms. The Balaban J connectivity index is 1.73. The lowest BCUT2D eigenvalue weighted by Gasteiger charge is -2.14. The van der Waals surface area contributed by atoms with Crippen molar-refractivity contribution >= 4 is 0 Å². The van der Waals surface area contributed by atoms with Crippen molar-refractivity contribution in [2.75, 3.05) is 0 Å². The molecule has 1 aliphatic heterocycles. The third-order valence-corrected chi connectivity index (χ3v) is 3.06. The van der Waals surface area contributed by atoms with Crippen LogP contribution in [0.3, 0.4) is 0 Å². The van der Waals surface area contributed by atoms with Crippen LogP contribution in [-0.4, -0.2) is 9.88 Å². The van der Waals surface area contributed by atoms with Crippen molar-refractivity contribution in [1.82, 2.24) is 9.88 Å². The van der Waals surface area contributed by atoms with Crippen LogP contribution in [0, 0.1) is 0 Å². The molecule has 2 heterocycles. The van der Waals surface area contributed by atoms with Gasteiger partial charge in [0.15, 0.2) is 0 Å². The fourth-order valence-electron chi connectivity index (χ4n) is 2.26. The van der Waals surface area contributed by atoms with E-state index in [1.165, 1.54) is 16.7 Å². The van der Waals surface area contributed by atoms with E-state index in [4.69, 9.17) is 0 Å².